The van der Waals surface area contributed by atoms with Gasteiger partial charge in [-0.05, 0) is 96.5 Å². The number of phenols is 4. The van der Waals surface area contributed by atoms with Gasteiger partial charge in [0, 0.05) is 10.8 Å². The van der Waals surface area contributed by atoms with Gasteiger partial charge < -0.3 is 20.4 Å². The number of hydrogen-bond donors (Lipinski definition) is 4. The van der Waals surface area contributed by atoms with Gasteiger partial charge in [-0.3, -0.25) is 0 Å². The Balaban J connectivity index is 0.000000201. The first-order valence-corrected chi connectivity index (χ1v) is 20.6. The second-order valence-corrected chi connectivity index (χ2v) is 15.7. The fourth-order valence-electron chi connectivity index (χ4n) is 9.04. The van der Waals surface area contributed by atoms with Crippen LogP contribution in [-0.2, 0) is 10.8 Å². The molecule has 0 heterocycles. The van der Waals surface area contributed by atoms with Crippen LogP contribution in [0.4, 0.5) is 0 Å². The molecule has 280 valence electrons. The predicted octanol–water partition coefficient (Wildman–Crippen LogP) is 13.4. The Bertz CT molecular complexity index is 1320. The lowest BCUT2D eigenvalue weighted by Crippen LogP contribution is -2.28. The van der Waals surface area contributed by atoms with Crippen LogP contribution < -0.4 is 0 Å². The molecule has 0 spiro atoms. The van der Waals surface area contributed by atoms with E-state index in [0.717, 1.165) is 25.7 Å². The van der Waals surface area contributed by atoms with Crippen molar-refractivity contribution in [1.29, 1.82) is 0 Å². The molecule has 4 nitrogen and oxygen atoms in total. The molecule has 0 aromatic heterocycles. The van der Waals surface area contributed by atoms with Gasteiger partial charge in [0.15, 0.2) is 0 Å². The molecule has 2 fully saturated rings. The molecule has 4 N–H and O–H groups in total. The predicted molar refractivity (Wildman–Crippen MR) is 216 cm³/mol. The highest BCUT2D eigenvalue weighted by Crippen LogP contribution is 2.45. The third-order valence-electron chi connectivity index (χ3n) is 12.1. The highest BCUT2D eigenvalue weighted by Gasteiger charge is 2.35. The van der Waals surface area contributed by atoms with Crippen LogP contribution in [0.5, 0.6) is 23.0 Å². The van der Waals surface area contributed by atoms with Crippen molar-refractivity contribution in [1.82, 2.24) is 0 Å². The first-order chi connectivity index (χ1) is 25.4. The number of phenolic OH excluding ortho intramolecular Hbond substituents is 4. The molecule has 0 bridgehead atoms. The van der Waals surface area contributed by atoms with E-state index in [1.807, 2.05) is 48.5 Å². The summed E-state index contributed by atoms with van der Waals surface area (Å²) in [7, 11) is 0. The van der Waals surface area contributed by atoms with Crippen LogP contribution in [0, 0.1) is 0 Å². The molecule has 4 heteroatoms. The molecular weight excluding hydrogens is 641 g/mol. The molecule has 0 radical (unpaired) electrons. The number of rotatable bonds is 4. The Morgan fingerprint density at radius 3 is 0.558 bits per heavy atom. The molecule has 4 aromatic carbocycles. The lowest BCUT2D eigenvalue weighted by molar-refractivity contribution is 0.381. The minimum absolute atomic E-state index is 0.0272. The zero-order valence-corrected chi connectivity index (χ0v) is 31.6. The summed E-state index contributed by atoms with van der Waals surface area (Å²) >= 11 is 0. The molecule has 52 heavy (non-hydrogen) atoms. The van der Waals surface area contributed by atoms with E-state index in [1.54, 1.807) is 0 Å². The van der Waals surface area contributed by atoms with Crippen LogP contribution in [0.1, 0.15) is 164 Å². The molecule has 0 unspecified atom stereocenters. The normalized spacial score (nSPS) is 19.2. The molecule has 0 atom stereocenters. The molecule has 6 rings (SSSR count). The summed E-state index contributed by atoms with van der Waals surface area (Å²) in [5.41, 5.74) is 5.11. The third-order valence-corrected chi connectivity index (χ3v) is 12.1. The average Bonchev–Trinajstić information content (AvgIpc) is 3.14. The highest BCUT2D eigenvalue weighted by atomic mass is 16.3. The smallest absolute Gasteiger partial charge is 0.115 e. The van der Waals surface area contributed by atoms with Crippen LogP contribution in [-0.4, -0.2) is 20.4 Å². The van der Waals surface area contributed by atoms with Crippen molar-refractivity contribution in [3.05, 3.63) is 119 Å². The number of benzene rings is 4. The zero-order valence-electron chi connectivity index (χ0n) is 31.6. The molecule has 2 aliphatic rings. The minimum atomic E-state index is -0.0272. The maximum Gasteiger partial charge on any atom is 0.115 e. The summed E-state index contributed by atoms with van der Waals surface area (Å²) < 4.78 is 0. The van der Waals surface area contributed by atoms with Gasteiger partial charge in [0.25, 0.3) is 0 Å². The Labute approximate surface area is 314 Å². The van der Waals surface area contributed by atoms with E-state index in [0.29, 0.717) is 23.0 Å². The summed E-state index contributed by atoms with van der Waals surface area (Å²) in [6.07, 6.45) is 28.1. The van der Waals surface area contributed by atoms with Crippen LogP contribution in [0.15, 0.2) is 97.1 Å². The van der Waals surface area contributed by atoms with Gasteiger partial charge in [-0.2, -0.15) is 0 Å². The SMILES string of the molecule is Oc1ccc(C2(c3ccc(O)cc3)CCCCCCCCCCC2)cc1.Oc1ccc(C2(c3ccc(O)cc3)CCCCCCCCCCC2)cc1. The summed E-state index contributed by atoms with van der Waals surface area (Å²) in [5, 5.41) is 39.1. The van der Waals surface area contributed by atoms with E-state index in [9.17, 15) is 20.4 Å². The van der Waals surface area contributed by atoms with Crippen molar-refractivity contribution in [3.63, 3.8) is 0 Å². The quantitative estimate of drug-likeness (QED) is 0.170. The Morgan fingerprint density at radius 2 is 0.385 bits per heavy atom. The van der Waals surface area contributed by atoms with Crippen molar-refractivity contribution >= 4 is 0 Å². The van der Waals surface area contributed by atoms with E-state index < -0.39 is 0 Å². The third kappa shape index (κ3) is 11.0. The molecule has 0 amide bonds. The summed E-state index contributed by atoms with van der Waals surface area (Å²) in [5.74, 6) is 1.29. The van der Waals surface area contributed by atoms with Crippen LogP contribution in [0.25, 0.3) is 0 Å². The molecule has 2 aliphatic carbocycles. The van der Waals surface area contributed by atoms with Gasteiger partial charge in [0.2, 0.25) is 0 Å². The van der Waals surface area contributed by atoms with Gasteiger partial charge in [0.1, 0.15) is 23.0 Å². The van der Waals surface area contributed by atoms with Gasteiger partial charge in [-0.15, -0.1) is 0 Å². The first-order valence-electron chi connectivity index (χ1n) is 20.6. The Kier molecular flexibility index (Phi) is 15.4. The van der Waals surface area contributed by atoms with Crippen LogP contribution >= 0.6 is 0 Å². The summed E-state index contributed by atoms with van der Waals surface area (Å²) in [4.78, 5) is 0. The monoisotopic (exact) mass is 704 g/mol. The van der Waals surface area contributed by atoms with E-state index in [1.165, 1.54) is 138 Å². The van der Waals surface area contributed by atoms with Crippen molar-refractivity contribution in [2.24, 2.45) is 0 Å². The second-order valence-electron chi connectivity index (χ2n) is 15.7. The van der Waals surface area contributed by atoms with E-state index >= 15 is 0 Å². The maximum absolute atomic E-state index is 9.76. The van der Waals surface area contributed by atoms with E-state index in [-0.39, 0.29) is 10.8 Å². The summed E-state index contributed by atoms with van der Waals surface area (Å²) in [6.45, 7) is 0. The van der Waals surface area contributed by atoms with Crippen LogP contribution in [0.3, 0.4) is 0 Å². The molecule has 0 saturated heterocycles. The van der Waals surface area contributed by atoms with Gasteiger partial charge in [0.05, 0.1) is 0 Å². The lowest BCUT2D eigenvalue weighted by atomic mass is 9.67. The Hall–Kier alpha value is -3.92. The zero-order chi connectivity index (χ0) is 36.5. The fraction of sp³-hybridized carbons (Fsp3) is 0.500. The lowest BCUT2D eigenvalue weighted by Gasteiger charge is -2.36. The molecule has 4 aromatic rings. The highest BCUT2D eigenvalue weighted by molar-refractivity contribution is 5.44. The van der Waals surface area contributed by atoms with Gasteiger partial charge in [-0.25, -0.2) is 0 Å². The van der Waals surface area contributed by atoms with E-state index in [4.69, 9.17) is 0 Å². The number of hydrogen-bond acceptors (Lipinski definition) is 4. The fourth-order valence-corrected chi connectivity index (χ4v) is 9.04. The minimum Gasteiger partial charge on any atom is -0.508 e. The summed E-state index contributed by atoms with van der Waals surface area (Å²) in [6, 6.07) is 31.2. The van der Waals surface area contributed by atoms with Gasteiger partial charge >= 0.3 is 0 Å². The molecule has 2 saturated carbocycles. The molecule has 0 aliphatic heterocycles. The average molecular weight is 705 g/mol. The largest absolute Gasteiger partial charge is 0.508 e. The number of aromatic hydroxyl groups is 4. The van der Waals surface area contributed by atoms with Crippen molar-refractivity contribution in [2.45, 2.75) is 152 Å². The first kappa shape index (κ1) is 39.3. The Morgan fingerprint density at radius 1 is 0.231 bits per heavy atom. The van der Waals surface area contributed by atoms with Crippen molar-refractivity contribution in [3.8, 4) is 23.0 Å². The van der Waals surface area contributed by atoms with Crippen molar-refractivity contribution in [2.75, 3.05) is 0 Å². The maximum atomic E-state index is 9.76. The molecular formula is C48H64O4. The van der Waals surface area contributed by atoms with Gasteiger partial charge in [-0.1, -0.05) is 164 Å². The van der Waals surface area contributed by atoms with Crippen LogP contribution in [0.2, 0.25) is 0 Å². The second kappa shape index (κ2) is 20.4. The topological polar surface area (TPSA) is 80.9 Å². The van der Waals surface area contributed by atoms with Crippen molar-refractivity contribution < 1.29 is 20.4 Å². The standard InChI is InChI=1S/2C24H32O2/c2*25-22-14-10-20(11-15-22)24(21-12-16-23(26)17-13-21)18-8-6-4-2-1-3-5-7-9-19-24/h2*10-17,25-26H,1-9,18-19H2. The van der Waals surface area contributed by atoms with E-state index in [2.05, 4.69) is 48.5 Å².